The van der Waals surface area contributed by atoms with Crippen molar-refractivity contribution in [1.29, 1.82) is 0 Å². The van der Waals surface area contributed by atoms with Gasteiger partial charge in [-0.05, 0) is 12.1 Å². The zero-order chi connectivity index (χ0) is 15.8. The van der Waals surface area contributed by atoms with Crippen LogP contribution in [0.25, 0.3) is 0 Å². The highest BCUT2D eigenvalue weighted by Gasteiger charge is 2.57. The van der Waals surface area contributed by atoms with E-state index < -0.39 is 15.4 Å². The first kappa shape index (κ1) is 15.4. The van der Waals surface area contributed by atoms with Gasteiger partial charge in [-0.3, -0.25) is 9.78 Å². The summed E-state index contributed by atoms with van der Waals surface area (Å²) in [6, 6.07) is 5.50. The zero-order valence-corrected chi connectivity index (χ0v) is 13.2. The second-order valence-corrected chi connectivity index (χ2v) is 7.91. The topological polar surface area (TPSA) is 88.6 Å². The summed E-state index contributed by atoms with van der Waals surface area (Å²) in [6.07, 6.45) is 2.84. The lowest BCUT2D eigenvalue weighted by molar-refractivity contribution is -0.131. The van der Waals surface area contributed by atoms with Gasteiger partial charge in [-0.25, -0.2) is 12.7 Å². The number of rotatable bonds is 4. The van der Waals surface area contributed by atoms with Crippen LogP contribution in [0.2, 0.25) is 0 Å². The Labute approximate surface area is 129 Å². The average molecular weight is 325 g/mol. The molecule has 0 unspecified atom stereocenters. The van der Waals surface area contributed by atoms with E-state index in [4.69, 9.17) is 4.74 Å². The molecule has 0 saturated carbocycles. The molecule has 7 nitrogen and oxygen atoms in total. The molecule has 2 fully saturated rings. The molecule has 1 aromatic rings. The molecular formula is C14H19N3O4S. The molecule has 120 valence electrons. The van der Waals surface area contributed by atoms with E-state index in [0.29, 0.717) is 19.7 Å². The summed E-state index contributed by atoms with van der Waals surface area (Å²) >= 11 is 0. The summed E-state index contributed by atoms with van der Waals surface area (Å²) in [5, 5.41) is 2.87. The Balaban J connectivity index is 1.72. The molecule has 0 aliphatic carbocycles. The molecule has 22 heavy (non-hydrogen) atoms. The number of carbonyl (C=O) groups excluding carboxylic acids is 1. The van der Waals surface area contributed by atoms with E-state index in [2.05, 4.69) is 10.3 Å². The van der Waals surface area contributed by atoms with E-state index >= 15 is 0 Å². The first-order valence-corrected chi connectivity index (χ1v) is 8.98. The SMILES string of the molecule is CS(=O)(=O)N1C[C@@H]2COC[C@]2(C(=O)NCc2ccccn2)C1. The van der Waals surface area contributed by atoms with Crippen LogP contribution in [0.5, 0.6) is 0 Å². The quantitative estimate of drug-likeness (QED) is 0.814. The van der Waals surface area contributed by atoms with Crippen LogP contribution >= 0.6 is 0 Å². The molecule has 8 heteroatoms. The summed E-state index contributed by atoms with van der Waals surface area (Å²) in [6.45, 7) is 1.54. The van der Waals surface area contributed by atoms with E-state index in [1.807, 2.05) is 18.2 Å². The van der Waals surface area contributed by atoms with Crippen LogP contribution in [0.15, 0.2) is 24.4 Å². The molecule has 1 N–H and O–H groups in total. The number of sulfonamides is 1. The minimum Gasteiger partial charge on any atom is -0.380 e. The van der Waals surface area contributed by atoms with Gasteiger partial charge in [0.05, 0.1) is 37.1 Å². The van der Waals surface area contributed by atoms with Crippen molar-refractivity contribution in [2.24, 2.45) is 11.3 Å². The number of nitrogens with zero attached hydrogens (tertiary/aromatic N) is 2. The predicted octanol–water partition coefficient (Wildman–Crippen LogP) is -0.394. The third-order valence-electron chi connectivity index (χ3n) is 4.42. The van der Waals surface area contributed by atoms with Gasteiger partial charge in [-0.2, -0.15) is 0 Å². The molecule has 2 atom stereocenters. The van der Waals surface area contributed by atoms with Gasteiger partial charge in [0.15, 0.2) is 0 Å². The van der Waals surface area contributed by atoms with Crippen LogP contribution in [0.3, 0.4) is 0 Å². The van der Waals surface area contributed by atoms with Crippen molar-refractivity contribution in [3.63, 3.8) is 0 Å². The maximum Gasteiger partial charge on any atom is 0.230 e. The van der Waals surface area contributed by atoms with Gasteiger partial charge in [0.25, 0.3) is 0 Å². The third kappa shape index (κ3) is 2.73. The predicted molar refractivity (Wildman–Crippen MR) is 79.2 cm³/mol. The van der Waals surface area contributed by atoms with Crippen molar-refractivity contribution >= 4 is 15.9 Å². The Morgan fingerprint density at radius 3 is 3.05 bits per heavy atom. The molecule has 0 aromatic carbocycles. The van der Waals surface area contributed by atoms with Crippen LogP contribution in [0.4, 0.5) is 0 Å². The first-order valence-electron chi connectivity index (χ1n) is 7.13. The Bertz CT molecular complexity index is 664. The van der Waals surface area contributed by atoms with Crippen molar-refractivity contribution in [1.82, 2.24) is 14.6 Å². The number of amides is 1. The Kier molecular flexibility index (Phi) is 3.92. The van der Waals surface area contributed by atoms with Crippen LogP contribution in [-0.2, 0) is 26.1 Å². The molecule has 1 aromatic heterocycles. The standard InChI is InChI=1S/C14H19N3O4S/c1-22(19,20)17-7-11-8-21-10-14(11,9-17)13(18)16-6-12-4-2-3-5-15-12/h2-5,11H,6-10H2,1H3,(H,16,18)/t11-,14-/m1/s1. The van der Waals surface area contributed by atoms with E-state index in [-0.39, 0.29) is 25.0 Å². The summed E-state index contributed by atoms with van der Waals surface area (Å²) in [5.41, 5.74) is -0.0154. The molecule has 1 amide bonds. The number of hydrogen-bond acceptors (Lipinski definition) is 5. The Hall–Kier alpha value is -1.51. The fraction of sp³-hybridized carbons (Fsp3) is 0.571. The molecule has 0 spiro atoms. The molecule has 0 radical (unpaired) electrons. The van der Waals surface area contributed by atoms with Crippen LogP contribution < -0.4 is 5.32 Å². The molecule has 3 rings (SSSR count). The van der Waals surface area contributed by atoms with Crippen molar-refractivity contribution in [3.05, 3.63) is 30.1 Å². The lowest BCUT2D eigenvalue weighted by Gasteiger charge is -2.25. The minimum absolute atomic E-state index is 0.0917. The van der Waals surface area contributed by atoms with Gasteiger partial charge in [0.2, 0.25) is 15.9 Å². The number of nitrogens with one attached hydrogen (secondary N) is 1. The molecule has 2 aliphatic heterocycles. The Morgan fingerprint density at radius 1 is 1.55 bits per heavy atom. The van der Waals surface area contributed by atoms with Crippen LogP contribution in [-0.4, -0.2) is 56.2 Å². The smallest absolute Gasteiger partial charge is 0.230 e. The molecule has 3 heterocycles. The summed E-state index contributed by atoms with van der Waals surface area (Å²) in [5.74, 6) is -0.252. The van der Waals surface area contributed by atoms with Crippen molar-refractivity contribution in [3.8, 4) is 0 Å². The number of pyridine rings is 1. The lowest BCUT2D eigenvalue weighted by Crippen LogP contribution is -2.46. The monoisotopic (exact) mass is 325 g/mol. The van der Waals surface area contributed by atoms with Gasteiger partial charge in [-0.15, -0.1) is 0 Å². The largest absolute Gasteiger partial charge is 0.380 e. The van der Waals surface area contributed by atoms with Crippen molar-refractivity contribution < 1.29 is 17.9 Å². The molecule has 2 aliphatic rings. The molecule has 2 saturated heterocycles. The summed E-state index contributed by atoms with van der Waals surface area (Å²) in [4.78, 5) is 16.8. The van der Waals surface area contributed by atoms with Gasteiger partial charge in [-0.1, -0.05) is 6.07 Å². The first-order chi connectivity index (χ1) is 10.4. The average Bonchev–Trinajstić information content (AvgIpc) is 3.03. The van der Waals surface area contributed by atoms with E-state index in [9.17, 15) is 13.2 Å². The molecule has 0 bridgehead atoms. The summed E-state index contributed by atoms with van der Waals surface area (Å²) < 4.78 is 30.3. The van der Waals surface area contributed by atoms with E-state index in [1.165, 1.54) is 10.6 Å². The highest BCUT2D eigenvalue weighted by Crippen LogP contribution is 2.42. The maximum atomic E-state index is 12.7. The highest BCUT2D eigenvalue weighted by molar-refractivity contribution is 7.88. The number of hydrogen-bond donors (Lipinski definition) is 1. The molecular weight excluding hydrogens is 306 g/mol. The van der Waals surface area contributed by atoms with Gasteiger partial charge in [0.1, 0.15) is 0 Å². The second-order valence-electron chi connectivity index (χ2n) is 5.93. The number of ether oxygens (including phenoxy) is 1. The van der Waals surface area contributed by atoms with Gasteiger partial charge in [0, 0.05) is 25.2 Å². The van der Waals surface area contributed by atoms with Crippen molar-refractivity contribution in [2.75, 3.05) is 32.6 Å². The van der Waals surface area contributed by atoms with E-state index in [0.717, 1.165) is 5.69 Å². The van der Waals surface area contributed by atoms with Crippen molar-refractivity contribution in [2.45, 2.75) is 6.54 Å². The number of carbonyl (C=O) groups is 1. The van der Waals surface area contributed by atoms with Gasteiger partial charge >= 0.3 is 0 Å². The third-order valence-corrected chi connectivity index (χ3v) is 5.64. The van der Waals surface area contributed by atoms with Crippen LogP contribution in [0.1, 0.15) is 5.69 Å². The summed E-state index contributed by atoms with van der Waals surface area (Å²) in [7, 11) is -3.30. The lowest BCUT2D eigenvalue weighted by atomic mass is 9.80. The zero-order valence-electron chi connectivity index (χ0n) is 12.4. The van der Waals surface area contributed by atoms with Crippen LogP contribution in [0, 0.1) is 11.3 Å². The highest BCUT2D eigenvalue weighted by atomic mass is 32.2. The fourth-order valence-corrected chi connectivity index (χ4v) is 4.03. The number of fused-ring (bicyclic) bond motifs is 1. The van der Waals surface area contributed by atoms with Gasteiger partial charge < -0.3 is 10.1 Å². The normalized spacial score (nSPS) is 28.5. The Morgan fingerprint density at radius 2 is 2.36 bits per heavy atom. The fourth-order valence-electron chi connectivity index (χ4n) is 3.11. The second kappa shape index (κ2) is 5.60. The minimum atomic E-state index is -3.30. The number of aromatic nitrogens is 1. The maximum absolute atomic E-state index is 12.7. The van der Waals surface area contributed by atoms with E-state index in [1.54, 1.807) is 6.20 Å².